The predicted molar refractivity (Wildman–Crippen MR) is 161 cm³/mol. The summed E-state index contributed by atoms with van der Waals surface area (Å²) in [5, 5.41) is 24.6. The molecule has 6 N–H and O–H groups in total. The molecule has 0 aliphatic carbocycles. The fourth-order valence-electron chi connectivity index (χ4n) is 5.25. The summed E-state index contributed by atoms with van der Waals surface area (Å²) in [6, 6.07) is 10.1. The smallest absolute Gasteiger partial charge is 0.316 e. The minimum Gasteiger partial charge on any atom is -0.508 e. The highest BCUT2D eigenvalue weighted by Crippen LogP contribution is 2.27. The van der Waals surface area contributed by atoms with Gasteiger partial charge in [0.25, 0.3) is 0 Å². The Morgan fingerprint density at radius 1 is 1.02 bits per heavy atom. The third-order valence-electron chi connectivity index (χ3n) is 7.62. The van der Waals surface area contributed by atoms with E-state index in [0.717, 1.165) is 5.56 Å². The lowest BCUT2D eigenvalue weighted by Crippen LogP contribution is -2.58. The van der Waals surface area contributed by atoms with Crippen molar-refractivity contribution in [2.75, 3.05) is 6.54 Å². The van der Waals surface area contributed by atoms with Crippen molar-refractivity contribution in [3.05, 3.63) is 65.7 Å². The molecule has 0 bridgehead atoms. The van der Waals surface area contributed by atoms with Gasteiger partial charge in [0, 0.05) is 26.3 Å². The van der Waals surface area contributed by atoms with E-state index in [-0.39, 0.29) is 38.0 Å². The lowest BCUT2D eigenvalue weighted by molar-refractivity contribution is -0.152. The van der Waals surface area contributed by atoms with Crippen LogP contribution < -0.4 is 16.4 Å². The van der Waals surface area contributed by atoms with E-state index in [1.54, 1.807) is 26.0 Å². The normalized spacial score (nSPS) is 18.8. The minimum absolute atomic E-state index is 0.0322. The quantitative estimate of drug-likeness (QED) is 0.138. The van der Waals surface area contributed by atoms with Crippen molar-refractivity contribution >= 4 is 35.8 Å². The molecule has 242 valence electrons. The number of rotatable bonds is 15. The second-order valence-corrected chi connectivity index (χ2v) is 11.4. The molecule has 3 unspecified atom stereocenters. The first-order valence-electron chi connectivity index (χ1n) is 14.6. The number of aliphatic carboxylic acids is 1. The Morgan fingerprint density at radius 3 is 2.22 bits per heavy atom. The first-order valence-corrected chi connectivity index (χ1v) is 14.6. The molecule has 1 aliphatic heterocycles. The Hall–Kier alpha value is -4.62. The first-order chi connectivity index (χ1) is 21.3. The standard InChI is InChI=1S/C32H40N4O9/c1-18(2)28(35-30(41)25(34-19(3)38)13-20-9-11-22(39)12-10-20)31(42)36-15-23(45-17-21-7-5-4-6-8-21)14-26(36)29(40)27(32(43)44)24(33)16-37/h4-12,16,18,23-28,39H,13-15,17,33H2,1-3H3,(H,34,38)(H,35,41)(H,43,44)/t23?,24?,25-,26-,27?,28-/m0/s1. The van der Waals surface area contributed by atoms with Gasteiger partial charge >= 0.3 is 5.97 Å². The lowest BCUT2D eigenvalue weighted by Gasteiger charge is -2.32. The summed E-state index contributed by atoms with van der Waals surface area (Å²) in [4.78, 5) is 77.6. The van der Waals surface area contributed by atoms with Crippen LogP contribution in [0, 0.1) is 11.8 Å². The molecule has 2 aromatic rings. The van der Waals surface area contributed by atoms with E-state index in [2.05, 4.69) is 10.6 Å². The summed E-state index contributed by atoms with van der Waals surface area (Å²) in [6.07, 6.45) is -0.459. The molecule has 13 nitrogen and oxygen atoms in total. The number of amides is 3. The summed E-state index contributed by atoms with van der Waals surface area (Å²) in [7, 11) is 0. The van der Waals surface area contributed by atoms with Gasteiger partial charge in [0.1, 0.15) is 30.0 Å². The number of carbonyl (C=O) groups is 6. The van der Waals surface area contributed by atoms with E-state index >= 15 is 0 Å². The molecule has 0 saturated carbocycles. The Morgan fingerprint density at radius 2 is 1.67 bits per heavy atom. The third-order valence-corrected chi connectivity index (χ3v) is 7.62. The highest BCUT2D eigenvalue weighted by Gasteiger charge is 2.47. The van der Waals surface area contributed by atoms with E-state index in [1.165, 1.54) is 24.0 Å². The van der Waals surface area contributed by atoms with Crippen LogP contribution in [-0.2, 0) is 46.5 Å². The Bertz CT molecular complexity index is 1370. The summed E-state index contributed by atoms with van der Waals surface area (Å²) >= 11 is 0. The number of hydrogen-bond acceptors (Lipinski definition) is 9. The minimum atomic E-state index is -1.89. The number of Topliss-reactive ketones (excluding diaryl/α,β-unsaturated/α-hetero) is 1. The van der Waals surface area contributed by atoms with E-state index in [9.17, 15) is 39.0 Å². The number of phenols is 1. The molecule has 6 atom stereocenters. The molecule has 0 radical (unpaired) electrons. The highest BCUT2D eigenvalue weighted by molar-refractivity contribution is 6.05. The van der Waals surface area contributed by atoms with Crippen LogP contribution in [-0.4, -0.2) is 87.7 Å². The van der Waals surface area contributed by atoms with E-state index in [1.807, 2.05) is 30.3 Å². The van der Waals surface area contributed by atoms with Crippen molar-refractivity contribution in [3.8, 4) is 5.75 Å². The molecule has 45 heavy (non-hydrogen) atoms. The fourth-order valence-corrected chi connectivity index (χ4v) is 5.25. The number of aldehydes is 1. The van der Waals surface area contributed by atoms with Crippen LogP contribution in [0.4, 0.5) is 0 Å². The zero-order chi connectivity index (χ0) is 33.3. The number of likely N-dealkylation sites (tertiary alicyclic amines) is 1. The number of aromatic hydroxyl groups is 1. The van der Waals surface area contributed by atoms with Crippen LogP contribution in [0.5, 0.6) is 5.75 Å². The van der Waals surface area contributed by atoms with Gasteiger partial charge in [-0.05, 0) is 29.2 Å². The molecule has 3 rings (SSSR count). The van der Waals surface area contributed by atoms with Crippen molar-refractivity contribution in [1.82, 2.24) is 15.5 Å². The molecule has 3 amide bonds. The SMILES string of the molecule is CC(=O)N[C@@H](Cc1ccc(O)cc1)C(=O)N[C@H](C(=O)N1CC(OCc2ccccc2)C[C@H]1C(=O)C(C(=O)O)C(N)C=O)C(C)C. The van der Waals surface area contributed by atoms with Crippen LogP contribution in [0.25, 0.3) is 0 Å². The van der Waals surface area contributed by atoms with Gasteiger partial charge in [0.2, 0.25) is 17.7 Å². The number of ether oxygens (including phenoxy) is 1. The third kappa shape index (κ3) is 9.43. The van der Waals surface area contributed by atoms with Gasteiger partial charge in [-0.15, -0.1) is 0 Å². The van der Waals surface area contributed by atoms with E-state index in [4.69, 9.17) is 10.5 Å². The van der Waals surface area contributed by atoms with E-state index < -0.39 is 71.6 Å². The maximum atomic E-state index is 14.1. The lowest BCUT2D eigenvalue weighted by atomic mass is 9.90. The van der Waals surface area contributed by atoms with Gasteiger partial charge < -0.3 is 41.0 Å². The number of carboxylic acids is 1. The maximum absolute atomic E-state index is 14.1. The second-order valence-electron chi connectivity index (χ2n) is 11.4. The second kappa shape index (κ2) is 15.9. The predicted octanol–water partition coefficient (Wildman–Crippen LogP) is 0.563. The number of benzene rings is 2. The van der Waals surface area contributed by atoms with Crippen LogP contribution >= 0.6 is 0 Å². The van der Waals surface area contributed by atoms with Gasteiger partial charge in [-0.3, -0.25) is 24.0 Å². The van der Waals surface area contributed by atoms with Gasteiger partial charge in [0.15, 0.2) is 5.78 Å². The maximum Gasteiger partial charge on any atom is 0.316 e. The topological polar surface area (TPSA) is 205 Å². The molecule has 1 fully saturated rings. The van der Waals surface area contributed by atoms with Crippen LogP contribution in [0.3, 0.4) is 0 Å². The summed E-state index contributed by atoms with van der Waals surface area (Å²) in [5.74, 6) is -6.65. The van der Waals surface area contributed by atoms with Gasteiger partial charge in [-0.2, -0.15) is 0 Å². The molecule has 1 saturated heterocycles. The summed E-state index contributed by atoms with van der Waals surface area (Å²) < 4.78 is 6.01. The number of carbonyl (C=O) groups excluding carboxylic acids is 5. The van der Waals surface area contributed by atoms with Crippen LogP contribution in [0.1, 0.15) is 38.3 Å². The Kier molecular flexibility index (Phi) is 12.3. The van der Waals surface area contributed by atoms with Gasteiger partial charge in [0.05, 0.1) is 24.8 Å². The molecular formula is C32H40N4O9. The summed E-state index contributed by atoms with van der Waals surface area (Å²) in [6.45, 7) is 4.72. The van der Waals surface area contributed by atoms with Gasteiger partial charge in [-0.25, -0.2) is 0 Å². The van der Waals surface area contributed by atoms with Crippen molar-refractivity contribution in [1.29, 1.82) is 0 Å². The average Bonchev–Trinajstić information content (AvgIpc) is 3.43. The van der Waals surface area contributed by atoms with Crippen LogP contribution in [0.15, 0.2) is 54.6 Å². The molecule has 13 heteroatoms. The number of ketones is 1. The molecular weight excluding hydrogens is 584 g/mol. The number of hydrogen-bond donors (Lipinski definition) is 5. The van der Waals surface area contributed by atoms with Crippen molar-refractivity contribution < 1.29 is 43.7 Å². The largest absolute Gasteiger partial charge is 0.508 e. The van der Waals surface area contributed by atoms with Crippen molar-refractivity contribution in [2.24, 2.45) is 17.6 Å². The fraction of sp³-hybridized carbons (Fsp3) is 0.438. The number of nitrogens with two attached hydrogens (primary N) is 1. The van der Waals surface area contributed by atoms with Crippen molar-refractivity contribution in [3.63, 3.8) is 0 Å². The number of carboxylic acid groups (broad SMARTS) is 1. The average molecular weight is 625 g/mol. The first kappa shape index (κ1) is 34.9. The highest BCUT2D eigenvalue weighted by atomic mass is 16.5. The zero-order valence-electron chi connectivity index (χ0n) is 25.4. The molecule has 0 spiro atoms. The Labute approximate surface area is 261 Å². The Balaban J connectivity index is 1.87. The number of nitrogens with one attached hydrogen (secondary N) is 2. The zero-order valence-corrected chi connectivity index (χ0v) is 25.4. The molecule has 0 aromatic heterocycles. The summed E-state index contributed by atoms with van der Waals surface area (Å²) in [5.41, 5.74) is 7.18. The number of nitrogens with zero attached hydrogens (tertiary/aromatic N) is 1. The molecule has 1 aliphatic rings. The van der Waals surface area contributed by atoms with E-state index in [0.29, 0.717) is 5.56 Å². The van der Waals surface area contributed by atoms with Crippen molar-refractivity contribution in [2.45, 2.75) is 70.5 Å². The number of phenolic OH excluding ortho intramolecular Hbond substituents is 1. The van der Waals surface area contributed by atoms with Crippen LogP contribution in [0.2, 0.25) is 0 Å². The van der Waals surface area contributed by atoms with Gasteiger partial charge in [-0.1, -0.05) is 56.3 Å². The monoisotopic (exact) mass is 624 g/mol. The molecule has 2 aromatic carbocycles. The molecule has 1 heterocycles.